The highest BCUT2D eigenvalue weighted by Crippen LogP contribution is 2.32. The van der Waals surface area contributed by atoms with Crippen molar-refractivity contribution in [1.29, 1.82) is 0 Å². The van der Waals surface area contributed by atoms with Crippen LogP contribution in [0, 0.1) is 0 Å². The second kappa shape index (κ2) is 14.4. The normalized spacial score (nSPS) is 33.0. The third-order valence-corrected chi connectivity index (χ3v) is 7.16. The predicted molar refractivity (Wildman–Crippen MR) is 145 cm³/mol. The number of hydrogen-bond acceptors (Lipinski definition) is 14. The molecule has 8 N–H and O–H groups in total. The molecule has 0 radical (unpaired) electrons. The van der Waals surface area contributed by atoms with Gasteiger partial charge in [0.2, 0.25) is 0 Å². The molecule has 14 nitrogen and oxygen atoms in total. The zero-order valence-electron chi connectivity index (χ0n) is 23.1. The quantitative estimate of drug-likeness (QED) is 0.0947. The summed E-state index contributed by atoms with van der Waals surface area (Å²) < 4.78 is 28.3. The van der Waals surface area contributed by atoms with Crippen LogP contribution in [0.1, 0.15) is 18.1 Å². The minimum Gasteiger partial charge on any atom is -0.508 e. The van der Waals surface area contributed by atoms with E-state index in [1.165, 1.54) is 37.3 Å². The Morgan fingerprint density at radius 3 is 2.26 bits per heavy atom. The Morgan fingerprint density at radius 2 is 1.58 bits per heavy atom. The van der Waals surface area contributed by atoms with Crippen molar-refractivity contribution in [2.45, 2.75) is 74.8 Å². The van der Waals surface area contributed by atoms with Crippen LogP contribution < -0.4 is 0 Å². The number of aliphatic hydroxyl groups is 5. The van der Waals surface area contributed by atoms with Crippen LogP contribution in [0.3, 0.4) is 0 Å². The van der Waals surface area contributed by atoms with E-state index in [1.807, 2.05) is 0 Å². The van der Waals surface area contributed by atoms with Gasteiger partial charge in [-0.15, -0.1) is 0 Å². The zero-order valence-corrected chi connectivity index (χ0v) is 23.1. The molecule has 10 atom stereocenters. The molecule has 2 aliphatic heterocycles. The van der Waals surface area contributed by atoms with Crippen LogP contribution in [-0.2, 0) is 34.9 Å². The number of phenolic OH excluding ortho intramolecular Hbond substituents is 3. The molecule has 2 aromatic carbocycles. The highest BCUT2D eigenvalue weighted by atomic mass is 16.7. The first kappa shape index (κ1) is 32.6. The van der Waals surface area contributed by atoms with Crippen LogP contribution >= 0.6 is 0 Å². The Labute approximate surface area is 246 Å². The molecule has 43 heavy (non-hydrogen) atoms. The first-order valence-electron chi connectivity index (χ1n) is 13.6. The summed E-state index contributed by atoms with van der Waals surface area (Å²) in [5.74, 6) is -1.48. The van der Waals surface area contributed by atoms with E-state index in [1.54, 1.807) is 18.2 Å². The molecule has 236 valence electrons. The minimum absolute atomic E-state index is 0.0379. The summed E-state index contributed by atoms with van der Waals surface area (Å²) in [4.78, 5) is 12.8. The van der Waals surface area contributed by atoms with Crippen molar-refractivity contribution in [3.05, 3.63) is 59.7 Å². The predicted octanol–water partition coefficient (Wildman–Crippen LogP) is -0.722. The minimum atomic E-state index is -1.75. The maximum atomic E-state index is 12.8. The summed E-state index contributed by atoms with van der Waals surface area (Å²) in [5.41, 5.74) is 1.16. The van der Waals surface area contributed by atoms with Crippen LogP contribution in [0.4, 0.5) is 0 Å². The number of carbonyl (C=O) groups excluding carboxylic acids is 1. The lowest BCUT2D eigenvalue weighted by Gasteiger charge is -2.46. The molecule has 0 bridgehead atoms. The van der Waals surface area contributed by atoms with Crippen molar-refractivity contribution in [2.75, 3.05) is 13.2 Å². The van der Waals surface area contributed by atoms with Crippen LogP contribution in [0.15, 0.2) is 48.5 Å². The second-order valence-electron chi connectivity index (χ2n) is 10.3. The van der Waals surface area contributed by atoms with Crippen LogP contribution in [-0.4, -0.2) is 121 Å². The van der Waals surface area contributed by atoms with Crippen LogP contribution in [0.25, 0.3) is 6.08 Å². The molecule has 0 aliphatic carbocycles. The van der Waals surface area contributed by atoms with Crippen molar-refractivity contribution < 1.29 is 69.3 Å². The van der Waals surface area contributed by atoms with Gasteiger partial charge in [0.25, 0.3) is 0 Å². The SMILES string of the molecule is CC1OC(OC2C(O)C(OCCc3ccc(O)c(O)c3)OC(CO)C2OC(=O)C=Cc2ccc(O)cc2)C(O)C(O)C1O. The summed E-state index contributed by atoms with van der Waals surface area (Å²) in [6, 6.07) is 10.2. The molecule has 14 heteroatoms. The van der Waals surface area contributed by atoms with E-state index in [2.05, 4.69) is 0 Å². The molecule has 0 aromatic heterocycles. The fraction of sp³-hybridized carbons (Fsp3) is 0.483. The van der Waals surface area contributed by atoms with E-state index < -0.39 is 74.0 Å². The lowest BCUT2D eigenvalue weighted by atomic mass is 9.97. The van der Waals surface area contributed by atoms with Crippen molar-refractivity contribution in [2.24, 2.45) is 0 Å². The molecule has 2 aromatic rings. The number of benzene rings is 2. The lowest BCUT2D eigenvalue weighted by Crippen LogP contribution is -2.65. The van der Waals surface area contributed by atoms with E-state index in [4.69, 9.17) is 23.7 Å². The van der Waals surface area contributed by atoms with Gasteiger partial charge in [-0.25, -0.2) is 4.79 Å². The van der Waals surface area contributed by atoms with Gasteiger partial charge in [-0.1, -0.05) is 18.2 Å². The summed E-state index contributed by atoms with van der Waals surface area (Å²) in [7, 11) is 0. The van der Waals surface area contributed by atoms with Crippen molar-refractivity contribution in [3.8, 4) is 17.2 Å². The van der Waals surface area contributed by atoms with Gasteiger partial charge in [-0.3, -0.25) is 0 Å². The average molecular weight is 609 g/mol. The standard InChI is InChI=1S/C29H36O14/c1-14-22(35)23(36)24(37)29(40-14)43-27-25(38)28(39-11-10-16-4-8-18(32)19(33)12-16)41-20(13-30)26(27)42-21(34)9-5-15-2-6-17(31)7-3-15/h2-9,12,14,20,22-33,35-38H,10-11,13H2,1H3. The number of ether oxygens (including phenoxy) is 5. The molecular formula is C29H36O14. The van der Waals surface area contributed by atoms with E-state index >= 15 is 0 Å². The first-order chi connectivity index (χ1) is 20.5. The Balaban J connectivity index is 1.51. The number of phenols is 3. The Hall–Kier alpha value is -3.31. The summed E-state index contributed by atoms with van der Waals surface area (Å²) in [6.07, 6.45) is -12.0. The van der Waals surface area contributed by atoms with Crippen LogP contribution in [0.2, 0.25) is 0 Å². The summed E-state index contributed by atoms with van der Waals surface area (Å²) in [5, 5.41) is 80.8. The fourth-order valence-corrected chi connectivity index (χ4v) is 4.70. The number of aromatic hydroxyl groups is 3. The largest absolute Gasteiger partial charge is 0.508 e. The number of carbonyl (C=O) groups is 1. The van der Waals surface area contributed by atoms with Gasteiger partial charge < -0.3 is 64.5 Å². The molecule has 10 unspecified atom stereocenters. The Morgan fingerprint density at radius 1 is 0.860 bits per heavy atom. The second-order valence-corrected chi connectivity index (χ2v) is 10.3. The van der Waals surface area contributed by atoms with Gasteiger partial charge in [0, 0.05) is 6.08 Å². The third-order valence-electron chi connectivity index (χ3n) is 7.16. The van der Waals surface area contributed by atoms with E-state index in [-0.39, 0.29) is 30.3 Å². The molecule has 2 saturated heterocycles. The number of rotatable bonds is 10. The topological polar surface area (TPSA) is 225 Å². The van der Waals surface area contributed by atoms with Gasteiger partial charge in [0.15, 0.2) is 30.2 Å². The molecule has 2 heterocycles. The number of aliphatic hydroxyl groups excluding tert-OH is 5. The molecule has 0 saturated carbocycles. The Bertz CT molecular complexity index is 1240. The van der Waals surface area contributed by atoms with Gasteiger partial charge in [-0.2, -0.15) is 0 Å². The molecular weight excluding hydrogens is 572 g/mol. The van der Waals surface area contributed by atoms with Crippen LogP contribution in [0.5, 0.6) is 17.2 Å². The first-order valence-corrected chi connectivity index (χ1v) is 13.6. The molecule has 2 fully saturated rings. The third kappa shape index (κ3) is 8.00. The zero-order chi connectivity index (χ0) is 31.3. The summed E-state index contributed by atoms with van der Waals surface area (Å²) >= 11 is 0. The summed E-state index contributed by atoms with van der Waals surface area (Å²) in [6.45, 7) is 0.677. The van der Waals surface area contributed by atoms with Gasteiger partial charge in [0.1, 0.15) is 42.4 Å². The maximum absolute atomic E-state index is 12.8. The highest BCUT2D eigenvalue weighted by Gasteiger charge is 2.52. The molecule has 4 rings (SSSR count). The highest BCUT2D eigenvalue weighted by molar-refractivity contribution is 5.87. The van der Waals surface area contributed by atoms with E-state index in [0.29, 0.717) is 11.1 Å². The van der Waals surface area contributed by atoms with E-state index in [0.717, 1.165) is 6.08 Å². The number of esters is 1. The van der Waals surface area contributed by atoms with Crippen molar-refractivity contribution in [1.82, 2.24) is 0 Å². The Kier molecular flexibility index (Phi) is 10.9. The smallest absolute Gasteiger partial charge is 0.331 e. The maximum Gasteiger partial charge on any atom is 0.331 e. The average Bonchev–Trinajstić information content (AvgIpc) is 2.99. The molecule has 0 spiro atoms. The lowest BCUT2D eigenvalue weighted by molar-refractivity contribution is -0.357. The van der Waals surface area contributed by atoms with Gasteiger partial charge in [-0.05, 0) is 54.8 Å². The van der Waals surface area contributed by atoms with Gasteiger partial charge in [0.05, 0.1) is 19.3 Å². The van der Waals surface area contributed by atoms with Crippen molar-refractivity contribution >= 4 is 12.0 Å². The fourth-order valence-electron chi connectivity index (χ4n) is 4.70. The van der Waals surface area contributed by atoms with Gasteiger partial charge >= 0.3 is 5.97 Å². The van der Waals surface area contributed by atoms with E-state index in [9.17, 15) is 45.6 Å². The molecule has 0 amide bonds. The van der Waals surface area contributed by atoms with Crippen molar-refractivity contribution in [3.63, 3.8) is 0 Å². The molecule has 2 aliphatic rings. The monoisotopic (exact) mass is 608 g/mol. The number of hydrogen-bond donors (Lipinski definition) is 8.